The summed E-state index contributed by atoms with van der Waals surface area (Å²) in [7, 11) is 0. The molecule has 4 heteroatoms. The first kappa shape index (κ1) is 20.2. The number of esters is 1. The number of anilines is 1. The van der Waals surface area contributed by atoms with Crippen LogP contribution < -0.4 is 5.32 Å². The van der Waals surface area contributed by atoms with Gasteiger partial charge in [-0.3, -0.25) is 4.79 Å². The van der Waals surface area contributed by atoms with Crippen LogP contribution in [0.25, 0.3) is 0 Å². The predicted molar refractivity (Wildman–Crippen MR) is 98.0 cm³/mol. The van der Waals surface area contributed by atoms with Gasteiger partial charge in [-0.2, -0.15) is 0 Å². The quantitative estimate of drug-likeness (QED) is 0.357. The standard InChI is InChI=1S/C20H31NO3/c1-3-5-6-7-8-9-10-13-16-24-20(23)19(22)21-18-15-12-11-14-17(18)4-2/h11-12,14-15H,3-10,13,16H2,1-2H3,(H,21,22). The van der Waals surface area contributed by atoms with Crippen LogP contribution in [0.2, 0.25) is 0 Å². The van der Waals surface area contributed by atoms with Gasteiger partial charge in [0.2, 0.25) is 0 Å². The zero-order chi connectivity index (χ0) is 17.6. The van der Waals surface area contributed by atoms with E-state index in [9.17, 15) is 9.59 Å². The van der Waals surface area contributed by atoms with Crippen LogP contribution in [-0.4, -0.2) is 18.5 Å². The molecule has 0 aromatic heterocycles. The van der Waals surface area contributed by atoms with Crippen LogP contribution in [0.3, 0.4) is 0 Å². The molecule has 0 aliphatic rings. The van der Waals surface area contributed by atoms with Crippen molar-refractivity contribution in [3.63, 3.8) is 0 Å². The van der Waals surface area contributed by atoms with Crippen molar-refractivity contribution in [2.45, 2.75) is 71.6 Å². The zero-order valence-electron chi connectivity index (χ0n) is 15.1. The number of nitrogens with one attached hydrogen (secondary N) is 1. The molecule has 1 rings (SSSR count). The van der Waals surface area contributed by atoms with Crippen LogP contribution >= 0.6 is 0 Å². The van der Waals surface area contributed by atoms with Crippen LogP contribution in [0.15, 0.2) is 24.3 Å². The van der Waals surface area contributed by atoms with Gasteiger partial charge in [0, 0.05) is 5.69 Å². The molecule has 4 nitrogen and oxygen atoms in total. The lowest BCUT2D eigenvalue weighted by atomic mass is 10.1. The van der Waals surface area contributed by atoms with E-state index in [1.807, 2.05) is 25.1 Å². The highest BCUT2D eigenvalue weighted by molar-refractivity contribution is 6.37. The molecule has 0 aliphatic carbocycles. The first-order valence-corrected chi connectivity index (χ1v) is 9.25. The average Bonchev–Trinajstić information content (AvgIpc) is 2.60. The van der Waals surface area contributed by atoms with E-state index in [2.05, 4.69) is 12.2 Å². The molecule has 0 spiro atoms. The molecule has 0 unspecified atom stereocenters. The molecule has 1 N–H and O–H groups in total. The first-order valence-electron chi connectivity index (χ1n) is 9.25. The fourth-order valence-corrected chi connectivity index (χ4v) is 2.59. The fraction of sp³-hybridized carbons (Fsp3) is 0.600. The predicted octanol–water partition coefficient (Wildman–Crippen LogP) is 4.87. The highest BCUT2D eigenvalue weighted by atomic mass is 16.5. The second-order valence-electron chi connectivity index (χ2n) is 6.08. The zero-order valence-corrected chi connectivity index (χ0v) is 15.1. The Morgan fingerprint density at radius 1 is 0.917 bits per heavy atom. The van der Waals surface area contributed by atoms with Crippen molar-refractivity contribution in [2.24, 2.45) is 0 Å². The van der Waals surface area contributed by atoms with Gasteiger partial charge in [-0.1, -0.05) is 77.0 Å². The van der Waals surface area contributed by atoms with E-state index in [0.29, 0.717) is 12.3 Å². The van der Waals surface area contributed by atoms with E-state index in [0.717, 1.165) is 31.2 Å². The number of carbonyl (C=O) groups excluding carboxylic acids is 2. The lowest BCUT2D eigenvalue weighted by molar-refractivity contribution is -0.152. The van der Waals surface area contributed by atoms with Gasteiger partial charge in [-0.25, -0.2) is 4.79 Å². The van der Waals surface area contributed by atoms with Crippen LogP contribution in [0, 0.1) is 0 Å². The van der Waals surface area contributed by atoms with Gasteiger partial charge in [0.25, 0.3) is 0 Å². The molecule has 0 saturated carbocycles. The number of benzene rings is 1. The SMILES string of the molecule is CCCCCCCCCCOC(=O)C(=O)Nc1ccccc1CC. The average molecular weight is 333 g/mol. The lowest BCUT2D eigenvalue weighted by Gasteiger charge is -2.09. The van der Waals surface area contributed by atoms with E-state index in [4.69, 9.17) is 4.74 Å². The Hall–Kier alpha value is -1.84. The highest BCUT2D eigenvalue weighted by Gasteiger charge is 2.16. The van der Waals surface area contributed by atoms with Crippen LogP contribution in [0.1, 0.15) is 70.8 Å². The summed E-state index contributed by atoms with van der Waals surface area (Å²) in [5.74, 6) is -1.50. The van der Waals surface area contributed by atoms with Crippen molar-refractivity contribution in [1.29, 1.82) is 0 Å². The second-order valence-corrected chi connectivity index (χ2v) is 6.08. The molecule has 1 aromatic rings. The molecule has 1 amide bonds. The summed E-state index contributed by atoms with van der Waals surface area (Å²) >= 11 is 0. The van der Waals surface area contributed by atoms with Crippen molar-refractivity contribution in [3.8, 4) is 0 Å². The third kappa shape index (κ3) is 8.14. The number of para-hydroxylation sites is 1. The summed E-state index contributed by atoms with van der Waals surface area (Å²) in [6, 6.07) is 7.47. The minimum atomic E-state index is -0.802. The monoisotopic (exact) mass is 333 g/mol. The molecule has 0 radical (unpaired) electrons. The van der Waals surface area contributed by atoms with Gasteiger partial charge >= 0.3 is 11.9 Å². The Morgan fingerprint density at radius 3 is 2.21 bits per heavy atom. The van der Waals surface area contributed by atoms with Gasteiger partial charge in [0.15, 0.2) is 0 Å². The Balaban J connectivity index is 2.15. The third-order valence-electron chi connectivity index (χ3n) is 4.06. The number of carbonyl (C=O) groups is 2. The van der Waals surface area contributed by atoms with Gasteiger partial charge < -0.3 is 10.1 Å². The minimum absolute atomic E-state index is 0.316. The smallest absolute Gasteiger partial charge is 0.397 e. The van der Waals surface area contributed by atoms with Gasteiger partial charge in [-0.15, -0.1) is 0 Å². The number of amides is 1. The molecular weight excluding hydrogens is 302 g/mol. The Labute approximate surface area is 146 Å². The summed E-state index contributed by atoms with van der Waals surface area (Å²) < 4.78 is 5.04. The molecule has 1 aromatic carbocycles. The second kappa shape index (κ2) is 12.6. The van der Waals surface area contributed by atoms with Crippen LogP contribution in [0.5, 0.6) is 0 Å². The van der Waals surface area contributed by atoms with E-state index in [-0.39, 0.29) is 0 Å². The van der Waals surface area contributed by atoms with E-state index < -0.39 is 11.9 Å². The topological polar surface area (TPSA) is 55.4 Å². The fourth-order valence-electron chi connectivity index (χ4n) is 2.59. The molecule has 24 heavy (non-hydrogen) atoms. The number of hydrogen-bond donors (Lipinski definition) is 1. The minimum Gasteiger partial charge on any atom is -0.459 e. The van der Waals surface area contributed by atoms with Crippen molar-refractivity contribution in [1.82, 2.24) is 0 Å². The summed E-state index contributed by atoms with van der Waals surface area (Å²) in [6.07, 6.45) is 10.2. The molecule has 0 bridgehead atoms. The number of hydrogen-bond acceptors (Lipinski definition) is 3. The van der Waals surface area contributed by atoms with Crippen molar-refractivity contribution < 1.29 is 14.3 Å². The number of ether oxygens (including phenoxy) is 1. The van der Waals surface area contributed by atoms with Gasteiger partial charge in [0.1, 0.15) is 0 Å². The largest absolute Gasteiger partial charge is 0.459 e. The number of unbranched alkanes of at least 4 members (excludes halogenated alkanes) is 7. The van der Waals surface area contributed by atoms with Crippen molar-refractivity contribution in [3.05, 3.63) is 29.8 Å². The summed E-state index contributed by atoms with van der Waals surface area (Å²) in [5.41, 5.74) is 1.68. The number of rotatable bonds is 11. The van der Waals surface area contributed by atoms with E-state index in [1.165, 1.54) is 32.1 Å². The summed E-state index contributed by atoms with van der Waals surface area (Å²) in [6.45, 7) is 4.54. The highest BCUT2D eigenvalue weighted by Crippen LogP contribution is 2.15. The van der Waals surface area contributed by atoms with E-state index >= 15 is 0 Å². The molecule has 0 heterocycles. The van der Waals surface area contributed by atoms with Crippen LogP contribution in [0.4, 0.5) is 5.69 Å². The van der Waals surface area contributed by atoms with Crippen LogP contribution in [-0.2, 0) is 20.7 Å². The van der Waals surface area contributed by atoms with Gasteiger partial charge in [-0.05, 0) is 24.5 Å². The normalized spacial score (nSPS) is 10.4. The Kier molecular flexibility index (Phi) is 10.6. The number of aryl methyl sites for hydroxylation is 1. The Bertz CT molecular complexity index is 499. The molecule has 0 fully saturated rings. The van der Waals surface area contributed by atoms with Crippen molar-refractivity contribution >= 4 is 17.6 Å². The summed E-state index contributed by atoms with van der Waals surface area (Å²) in [4.78, 5) is 23.6. The maximum atomic E-state index is 11.9. The van der Waals surface area contributed by atoms with Crippen molar-refractivity contribution in [2.75, 3.05) is 11.9 Å². The molecular formula is C20H31NO3. The Morgan fingerprint density at radius 2 is 1.54 bits per heavy atom. The van der Waals surface area contributed by atoms with Gasteiger partial charge in [0.05, 0.1) is 6.61 Å². The first-order chi connectivity index (χ1) is 11.7. The molecule has 0 aliphatic heterocycles. The lowest BCUT2D eigenvalue weighted by Crippen LogP contribution is -2.25. The third-order valence-corrected chi connectivity index (χ3v) is 4.06. The molecule has 0 saturated heterocycles. The molecule has 134 valence electrons. The summed E-state index contributed by atoms with van der Waals surface area (Å²) in [5, 5.41) is 2.63. The maximum Gasteiger partial charge on any atom is 0.397 e. The molecule has 0 atom stereocenters. The maximum absolute atomic E-state index is 11.9. The van der Waals surface area contributed by atoms with E-state index in [1.54, 1.807) is 6.07 Å².